The third-order valence-corrected chi connectivity index (χ3v) is 6.26. The Balaban J connectivity index is 1.50. The summed E-state index contributed by atoms with van der Waals surface area (Å²) in [6, 6.07) is 13.0. The maximum Gasteiger partial charge on any atom is 0.253 e. The number of rotatable bonds is 5. The number of amides is 1. The van der Waals surface area contributed by atoms with Crippen molar-refractivity contribution < 1.29 is 14.3 Å². The van der Waals surface area contributed by atoms with Crippen LogP contribution in [0.2, 0.25) is 0 Å². The van der Waals surface area contributed by atoms with Gasteiger partial charge >= 0.3 is 0 Å². The van der Waals surface area contributed by atoms with Crippen molar-refractivity contribution in [1.29, 1.82) is 0 Å². The Morgan fingerprint density at radius 3 is 2.31 bits per heavy atom. The third-order valence-electron chi connectivity index (χ3n) is 6.26. The molecule has 2 aromatic carbocycles. The Bertz CT molecular complexity index is 1050. The van der Waals surface area contributed by atoms with Crippen LogP contribution in [0.1, 0.15) is 52.1 Å². The van der Waals surface area contributed by atoms with E-state index in [2.05, 4.69) is 31.9 Å². The Kier molecular flexibility index (Phi) is 6.15. The van der Waals surface area contributed by atoms with Gasteiger partial charge in [0.25, 0.3) is 5.91 Å². The van der Waals surface area contributed by atoms with Crippen LogP contribution < -0.4 is 4.74 Å². The molecule has 1 fully saturated rings. The Hall–Kier alpha value is -2.99. The zero-order valence-corrected chi connectivity index (χ0v) is 19.4. The van der Waals surface area contributed by atoms with Gasteiger partial charge in [0.05, 0.1) is 24.8 Å². The van der Waals surface area contributed by atoms with Crippen LogP contribution in [0.4, 0.5) is 0 Å². The number of nitrogens with zero attached hydrogens (tertiary/aromatic N) is 3. The summed E-state index contributed by atoms with van der Waals surface area (Å²) in [4.78, 5) is 34.8. The molecule has 2 aliphatic rings. The summed E-state index contributed by atoms with van der Waals surface area (Å²) < 4.78 is 5.38. The molecule has 6 nitrogen and oxygen atoms in total. The summed E-state index contributed by atoms with van der Waals surface area (Å²) in [6.45, 7) is 7.40. The van der Waals surface area contributed by atoms with Gasteiger partial charge in [-0.1, -0.05) is 18.2 Å². The van der Waals surface area contributed by atoms with E-state index in [0.29, 0.717) is 11.1 Å². The first-order valence-corrected chi connectivity index (χ1v) is 11.1. The lowest BCUT2D eigenvalue weighted by Crippen LogP contribution is -2.47. The van der Waals surface area contributed by atoms with Crippen LogP contribution in [0.3, 0.4) is 0 Å². The van der Waals surface area contributed by atoms with E-state index < -0.39 is 0 Å². The van der Waals surface area contributed by atoms with E-state index in [4.69, 9.17) is 9.73 Å². The summed E-state index contributed by atoms with van der Waals surface area (Å²) >= 11 is 0. The molecule has 0 radical (unpaired) electrons. The molecule has 1 amide bonds. The second-order valence-corrected chi connectivity index (χ2v) is 9.34. The summed E-state index contributed by atoms with van der Waals surface area (Å²) in [5.41, 5.74) is 3.92. The van der Waals surface area contributed by atoms with Crippen LogP contribution in [0.25, 0.3) is 0 Å². The molecule has 0 saturated carbocycles. The molecule has 0 aliphatic carbocycles. The predicted octanol–water partition coefficient (Wildman–Crippen LogP) is 3.48. The Morgan fingerprint density at radius 1 is 1.00 bits per heavy atom. The summed E-state index contributed by atoms with van der Waals surface area (Å²) in [7, 11) is 3.70. The van der Waals surface area contributed by atoms with Crippen LogP contribution >= 0.6 is 0 Å². The minimum absolute atomic E-state index is 0.00573. The lowest BCUT2D eigenvalue weighted by atomic mass is 9.85. The quantitative estimate of drug-likeness (QED) is 0.678. The number of benzene rings is 2. The van der Waals surface area contributed by atoms with Gasteiger partial charge in [0.2, 0.25) is 0 Å². The topological polar surface area (TPSA) is 62.2 Å². The molecule has 2 heterocycles. The normalized spacial score (nSPS) is 18.0. The van der Waals surface area contributed by atoms with Crippen LogP contribution in [0, 0.1) is 0 Å². The van der Waals surface area contributed by atoms with Crippen molar-refractivity contribution in [3.8, 4) is 5.75 Å². The van der Waals surface area contributed by atoms with Crippen molar-refractivity contribution in [3.05, 3.63) is 64.7 Å². The van der Waals surface area contributed by atoms with Crippen LogP contribution in [-0.2, 0) is 6.42 Å². The second kappa shape index (κ2) is 8.87. The number of Topliss-reactive ketones (excluding diaryl/α,β-unsaturated/α-hetero) is 1. The van der Waals surface area contributed by atoms with E-state index in [1.54, 1.807) is 31.4 Å². The van der Waals surface area contributed by atoms with E-state index in [1.807, 2.05) is 17.0 Å². The molecule has 2 aliphatic heterocycles. The highest BCUT2D eigenvalue weighted by Crippen LogP contribution is 2.31. The van der Waals surface area contributed by atoms with Crippen molar-refractivity contribution >= 4 is 17.4 Å². The molecular weight excluding hydrogens is 402 g/mol. The average molecular weight is 434 g/mol. The highest BCUT2D eigenvalue weighted by molar-refractivity contribution is 6.17. The fourth-order valence-corrected chi connectivity index (χ4v) is 4.42. The lowest BCUT2D eigenvalue weighted by molar-refractivity contribution is 0.0663. The third kappa shape index (κ3) is 4.75. The summed E-state index contributed by atoms with van der Waals surface area (Å²) in [5, 5.41) is 0. The number of piperazine rings is 1. The minimum atomic E-state index is -0.254. The number of hydrogen-bond donors (Lipinski definition) is 0. The number of fused-ring (bicyclic) bond motifs is 1. The molecule has 0 bridgehead atoms. The largest absolute Gasteiger partial charge is 0.497 e. The number of ketones is 1. The van der Waals surface area contributed by atoms with E-state index in [9.17, 15) is 9.59 Å². The van der Waals surface area contributed by atoms with Crippen molar-refractivity contribution in [2.45, 2.75) is 32.2 Å². The maximum absolute atomic E-state index is 13.1. The first-order valence-electron chi connectivity index (χ1n) is 11.1. The van der Waals surface area contributed by atoms with Gasteiger partial charge in [0.15, 0.2) is 5.78 Å². The van der Waals surface area contributed by atoms with E-state index >= 15 is 0 Å². The zero-order chi connectivity index (χ0) is 22.9. The minimum Gasteiger partial charge on any atom is -0.497 e. The van der Waals surface area contributed by atoms with Gasteiger partial charge in [-0.2, -0.15) is 0 Å². The first-order chi connectivity index (χ1) is 15.3. The van der Waals surface area contributed by atoms with Gasteiger partial charge in [-0.25, -0.2) is 0 Å². The van der Waals surface area contributed by atoms with E-state index in [0.717, 1.165) is 49.6 Å². The molecular formula is C26H31N3O3. The van der Waals surface area contributed by atoms with Gasteiger partial charge in [-0.05, 0) is 57.1 Å². The predicted molar refractivity (Wildman–Crippen MR) is 126 cm³/mol. The maximum atomic E-state index is 13.1. The van der Waals surface area contributed by atoms with Crippen LogP contribution in [0.5, 0.6) is 5.75 Å². The van der Waals surface area contributed by atoms with Gasteiger partial charge < -0.3 is 14.5 Å². The standard InChI is InChI=1S/C26H31N3O3/c1-26(2)17-20-9-10-21(32-4)15-22(20)23(27-26)16-24(30)18-5-7-19(8-6-18)25(31)29-13-11-28(3)12-14-29/h5-10,15H,11-14,16-17H2,1-4H3. The van der Waals surface area contributed by atoms with Crippen LogP contribution in [0.15, 0.2) is 47.5 Å². The molecule has 4 rings (SSSR count). The number of likely N-dealkylation sites (N-methyl/N-ethyl adjacent to an activating group) is 1. The van der Waals surface area contributed by atoms with Gasteiger partial charge in [-0.3, -0.25) is 14.6 Å². The zero-order valence-electron chi connectivity index (χ0n) is 19.4. The van der Waals surface area contributed by atoms with Crippen molar-refractivity contribution in [2.24, 2.45) is 4.99 Å². The lowest BCUT2D eigenvalue weighted by Gasteiger charge is -2.32. The monoisotopic (exact) mass is 433 g/mol. The fraction of sp³-hybridized carbons (Fsp3) is 0.423. The Morgan fingerprint density at radius 2 is 1.66 bits per heavy atom. The highest BCUT2D eigenvalue weighted by Gasteiger charge is 2.28. The molecule has 0 atom stereocenters. The number of hydrogen-bond acceptors (Lipinski definition) is 5. The van der Waals surface area contributed by atoms with Crippen molar-refractivity contribution in [1.82, 2.24) is 9.80 Å². The van der Waals surface area contributed by atoms with Crippen molar-refractivity contribution in [2.75, 3.05) is 40.3 Å². The molecule has 0 spiro atoms. The smallest absolute Gasteiger partial charge is 0.253 e. The molecule has 0 aromatic heterocycles. The van der Waals surface area contributed by atoms with Crippen molar-refractivity contribution in [3.63, 3.8) is 0 Å². The SMILES string of the molecule is COc1ccc2c(c1)C(CC(=O)c1ccc(C(=O)N3CCN(C)CC3)cc1)=NC(C)(C)C2. The summed E-state index contributed by atoms with van der Waals surface area (Å²) in [6.07, 6.45) is 1.04. The number of aliphatic imine (C=N–C) groups is 1. The molecule has 32 heavy (non-hydrogen) atoms. The molecule has 0 N–H and O–H groups in total. The van der Waals surface area contributed by atoms with Gasteiger partial charge in [0.1, 0.15) is 5.75 Å². The number of methoxy groups -OCH3 is 1. The number of ether oxygens (including phenoxy) is 1. The van der Waals surface area contributed by atoms with Crippen LogP contribution in [-0.4, -0.2) is 73.1 Å². The molecule has 168 valence electrons. The number of carbonyl (C=O) groups excluding carboxylic acids is 2. The average Bonchev–Trinajstić information content (AvgIpc) is 2.78. The second-order valence-electron chi connectivity index (χ2n) is 9.34. The van der Waals surface area contributed by atoms with E-state index in [1.165, 1.54) is 5.56 Å². The molecule has 2 aromatic rings. The highest BCUT2D eigenvalue weighted by atomic mass is 16.5. The van der Waals surface area contributed by atoms with E-state index in [-0.39, 0.29) is 23.7 Å². The van der Waals surface area contributed by atoms with Gasteiger partial charge in [-0.15, -0.1) is 0 Å². The molecule has 6 heteroatoms. The Labute approximate surface area is 189 Å². The van der Waals surface area contributed by atoms with Gasteiger partial charge in [0, 0.05) is 42.9 Å². The first kappa shape index (κ1) is 22.2. The number of carbonyl (C=O) groups is 2. The molecule has 0 unspecified atom stereocenters. The molecule has 1 saturated heterocycles. The summed E-state index contributed by atoms with van der Waals surface area (Å²) in [5.74, 6) is 0.778. The fourth-order valence-electron chi connectivity index (χ4n) is 4.42.